The maximum atomic E-state index is 12.2. The number of anilines is 1. The summed E-state index contributed by atoms with van der Waals surface area (Å²) in [5.41, 5.74) is 2.39. The third-order valence-electron chi connectivity index (χ3n) is 4.69. The van der Waals surface area contributed by atoms with Crippen molar-refractivity contribution in [2.75, 3.05) is 23.5 Å². The molecule has 0 radical (unpaired) electrons. The van der Waals surface area contributed by atoms with Crippen molar-refractivity contribution in [2.45, 2.75) is 25.9 Å². The Hall–Kier alpha value is -2.48. The highest BCUT2D eigenvalue weighted by atomic mass is 32.2. The van der Waals surface area contributed by atoms with Crippen LogP contribution in [0.25, 0.3) is 0 Å². The lowest BCUT2D eigenvalue weighted by atomic mass is 10.1. The molecule has 1 aliphatic rings. The Morgan fingerprint density at radius 1 is 1.27 bits per heavy atom. The van der Waals surface area contributed by atoms with E-state index in [-0.39, 0.29) is 29.1 Å². The van der Waals surface area contributed by atoms with Gasteiger partial charge in [-0.2, -0.15) is 0 Å². The van der Waals surface area contributed by atoms with Crippen LogP contribution in [0.5, 0.6) is 0 Å². The molecular weight excluding hydrogens is 352 g/mol. The van der Waals surface area contributed by atoms with E-state index in [4.69, 9.17) is 0 Å². The predicted molar refractivity (Wildman–Crippen MR) is 99.8 cm³/mol. The number of amides is 1. The number of sulfone groups is 1. The minimum atomic E-state index is -2.96. The topological polar surface area (TPSA) is 92.3 Å². The summed E-state index contributed by atoms with van der Waals surface area (Å²) >= 11 is 0. The largest absolute Gasteiger partial charge is 0.354 e. The highest BCUT2D eigenvalue weighted by Gasteiger charge is 2.31. The summed E-state index contributed by atoms with van der Waals surface area (Å²) in [7, 11) is -1.16. The van der Waals surface area contributed by atoms with Gasteiger partial charge in [-0.3, -0.25) is 4.79 Å². The van der Waals surface area contributed by atoms with Crippen LogP contribution in [0, 0.1) is 6.92 Å². The molecule has 7 nitrogen and oxygen atoms in total. The molecule has 1 aromatic heterocycles. The van der Waals surface area contributed by atoms with E-state index in [0.717, 1.165) is 11.1 Å². The molecule has 2 heterocycles. The lowest BCUT2D eigenvalue weighted by Gasteiger charge is -2.24. The predicted octanol–water partition coefficient (Wildman–Crippen LogP) is 1.34. The van der Waals surface area contributed by atoms with E-state index in [1.165, 1.54) is 12.4 Å². The van der Waals surface area contributed by atoms with Crippen LogP contribution in [0.4, 0.5) is 5.82 Å². The second-order valence-electron chi connectivity index (χ2n) is 6.54. The molecule has 1 saturated heterocycles. The molecular formula is C18H22N4O3S. The smallest absolute Gasteiger partial charge is 0.271 e. The number of carbonyl (C=O) groups excluding carboxylic acids is 1. The van der Waals surface area contributed by atoms with Crippen molar-refractivity contribution < 1.29 is 13.2 Å². The average Bonchev–Trinajstić information content (AvgIpc) is 3.00. The first kappa shape index (κ1) is 18.3. The van der Waals surface area contributed by atoms with Gasteiger partial charge in [-0.1, -0.05) is 24.3 Å². The van der Waals surface area contributed by atoms with Crippen LogP contribution in [-0.4, -0.2) is 48.9 Å². The van der Waals surface area contributed by atoms with Gasteiger partial charge >= 0.3 is 0 Å². The third-order valence-corrected chi connectivity index (χ3v) is 6.44. The molecule has 0 saturated carbocycles. The molecule has 1 amide bonds. The lowest BCUT2D eigenvalue weighted by molar-refractivity contribution is 0.0945. The van der Waals surface area contributed by atoms with Crippen LogP contribution in [-0.2, 0) is 16.4 Å². The zero-order valence-electron chi connectivity index (χ0n) is 14.8. The molecule has 138 valence electrons. The minimum Gasteiger partial charge on any atom is -0.354 e. The number of aryl methyl sites for hydroxylation is 1. The number of hydrogen-bond acceptors (Lipinski definition) is 6. The summed E-state index contributed by atoms with van der Waals surface area (Å²) in [4.78, 5) is 22.5. The van der Waals surface area contributed by atoms with Crippen molar-refractivity contribution in [2.24, 2.45) is 0 Å². The van der Waals surface area contributed by atoms with E-state index in [0.29, 0.717) is 18.8 Å². The number of benzene rings is 1. The Morgan fingerprint density at radius 3 is 2.65 bits per heavy atom. The van der Waals surface area contributed by atoms with Crippen molar-refractivity contribution in [1.29, 1.82) is 0 Å². The molecule has 26 heavy (non-hydrogen) atoms. The highest BCUT2D eigenvalue weighted by Crippen LogP contribution is 2.20. The van der Waals surface area contributed by atoms with Crippen molar-refractivity contribution in [1.82, 2.24) is 15.3 Å². The Bertz CT molecular complexity index is 897. The number of hydrogen-bond donors (Lipinski definition) is 1. The molecule has 1 fully saturated rings. The second kappa shape index (κ2) is 7.41. The summed E-state index contributed by atoms with van der Waals surface area (Å²) < 4.78 is 23.2. The van der Waals surface area contributed by atoms with Gasteiger partial charge in [0.05, 0.1) is 23.9 Å². The molecule has 1 N–H and O–H groups in total. The molecule has 0 spiro atoms. The minimum absolute atomic E-state index is 0.102. The van der Waals surface area contributed by atoms with E-state index in [2.05, 4.69) is 15.3 Å². The zero-order chi connectivity index (χ0) is 18.7. The van der Waals surface area contributed by atoms with Gasteiger partial charge in [0.2, 0.25) is 0 Å². The van der Waals surface area contributed by atoms with E-state index in [1.54, 1.807) is 7.05 Å². The number of aromatic nitrogens is 2. The van der Waals surface area contributed by atoms with Gasteiger partial charge in [-0.25, -0.2) is 18.4 Å². The molecule has 3 rings (SSSR count). The second-order valence-corrected chi connectivity index (χ2v) is 8.77. The molecule has 0 bridgehead atoms. The average molecular weight is 374 g/mol. The monoisotopic (exact) mass is 374 g/mol. The SMILES string of the molecule is Cc1ccccc1CNC(=O)c1cnc(N(C)C2CCS(=O)(=O)C2)cn1. The van der Waals surface area contributed by atoms with Crippen LogP contribution >= 0.6 is 0 Å². The Labute approximate surface area is 153 Å². The number of rotatable bonds is 5. The van der Waals surface area contributed by atoms with Crippen molar-refractivity contribution in [3.05, 3.63) is 53.5 Å². The Balaban J connectivity index is 1.62. The normalized spacial score (nSPS) is 18.5. The Morgan fingerprint density at radius 2 is 2.04 bits per heavy atom. The molecule has 0 aliphatic carbocycles. The van der Waals surface area contributed by atoms with E-state index >= 15 is 0 Å². The summed E-state index contributed by atoms with van der Waals surface area (Å²) in [5, 5.41) is 2.84. The maximum absolute atomic E-state index is 12.2. The van der Waals surface area contributed by atoms with Gasteiger partial charge in [-0.05, 0) is 24.5 Å². The summed E-state index contributed by atoms with van der Waals surface area (Å²) in [5.74, 6) is 0.597. The third kappa shape index (κ3) is 4.19. The fourth-order valence-corrected chi connectivity index (χ4v) is 4.74. The molecule has 1 atom stereocenters. The fourth-order valence-electron chi connectivity index (χ4n) is 2.96. The Kier molecular flexibility index (Phi) is 5.22. The number of nitrogens with one attached hydrogen (secondary N) is 1. The first-order valence-corrected chi connectivity index (χ1v) is 10.3. The quantitative estimate of drug-likeness (QED) is 0.849. The van der Waals surface area contributed by atoms with Crippen LogP contribution in [0.1, 0.15) is 28.0 Å². The van der Waals surface area contributed by atoms with Crippen LogP contribution in [0.2, 0.25) is 0 Å². The maximum Gasteiger partial charge on any atom is 0.271 e. The molecule has 1 aliphatic heterocycles. The van der Waals surface area contributed by atoms with Gasteiger partial charge in [0, 0.05) is 19.6 Å². The van der Waals surface area contributed by atoms with Crippen LogP contribution in [0.15, 0.2) is 36.7 Å². The number of carbonyl (C=O) groups is 1. The van der Waals surface area contributed by atoms with Crippen molar-refractivity contribution in [3.8, 4) is 0 Å². The van der Waals surface area contributed by atoms with Gasteiger partial charge < -0.3 is 10.2 Å². The van der Waals surface area contributed by atoms with Crippen molar-refractivity contribution >= 4 is 21.6 Å². The van der Waals surface area contributed by atoms with Gasteiger partial charge in [0.25, 0.3) is 5.91 Å². The van der Waals surface area contributed by atoms with Gasteiger partial charge in [0.15, 0.2) is 9.84 Å². The van der Waals surface area contributed by atoms with E-state index in [9.17, 15) is 13.2 Å². The fraction of sp³-hybridized carbons (Fsp3) is 0.389. The first-order valence-electron chi connectivity index (χ1n) is 8.44. The summed E-state index contributed by atoms with van der Waals surface area (Å²) in [6.45, 7) is 2.42. The van der Waals surface area contributed by atoms with E-state index in [1.807, 2.05) is 36.1 Å². The van der Waals surface area contributed by atoms with Crippen LogP contribution < -0.4 is 10.2 Å². The van der Waals surface area contributed by atoms with Gasteiger partial charge in [-0.15, -0.1) is 0 Å². The van der Waals surface area contributed by atoms with E-state index < -0.39 is 9.84 Å². The summed E-state index contributed by atoms with van der Waals surface area (Å²) in [6.07, 6.45) is 3.51. The standard InChI is InChI=1S/C18H22N4O3S/c1-13-5-3-4-6-14(13)9-21-18(23)16-10-20-17(11-19-16)22(2)15-7-8-26(24,25)12-15/h3-6,10-11,15H,7-9,12H2,1-2H3,(H,21,23). The van der Waals surface area contributed by atoms with Gasteiger partial charge in [0.1, 0.15) is 11.5 Å². The number of nitrogens with zero attached hydrogens (tertiary/aromatic N) is 3. The molecule has 2 aromatic rings. The van der Waals surface area contributed by atoms with Crippen LogP contribution in [0.3, 0.4) is 0 Å². The zero-order valence-corrected chi connectivity index (χ0v) is 15.7. The molecule has 1 unspecified atom stereocenters. The lowest BCUT2D eigenvalue weighted by Crippen LogP contribution is -2.33. The first-order chi connectivity index (χ1) is 12.4. The van der Waals surface area contributed by atoms with Crippen molar-refractivity contribution in [3.63, 3.8) is 0 Å². The molecule has 8 heteroatoms. The highest BCUT2D eigenvalue weighted by molar-refractivity contribution is 7.91. The summed E-state index contributed by atoms with van der Waals surface area (Å²) in [6, 6.07) is 7.75. The molecule has 1 aromatic carbocycles.